The van der Waals surface area contributed by atoms with Crippen molar-refractivity contribution in [3.8, 4) is 28.0 Å². The summed E-state index contributed by atoms with van der Waals surface area (Å²) in [5.74, 6) is 4.81. The van der Waals surface area contributed by atoms with Gasteiger partial charge in [0.2, 0.25) is 32.7 Å². The van der Waals surface area contributed by atoms with Gasteiger partial charge in [0.1, 0.15) is 31.0 Å². The number of amides is 3. The van der Waals surface area contributed by atoms with Crippen molar-refractivity contribution in [3.05, 3.63) is 91.7 Å². The predicted molar refractivity (Wildman–Crippen MR) is 235 cm³/mol. The van der Waals surface area contributed by atoms with Gasteiger partial charge in [0.15, 0.2) is 11.2 Å². The molecule has 63 heavy (non-hydrogen) atoms. The Morgan fingerprint density at radius 1 is 1.06 bits per heavy atom. The SMILES string of the molecule is Cc1ncsc1-c1ccc(CNC(=O)[C@@H]2C[C@@H](O)CN2C(=O)C(NC(=O)COCCOc2cccc(C#CCn3c(=O)n(C)c(=O)c4c3nc(S(C)(=O)=O)n4C)c2)C(C)(C)C)cc1. The van der Waals surface area contributed by atoms with Crippen LogP contribution in [0.25, 0.3) is 21.6 Å². The number of aliphatic hydroxyl groups is 1. The first kappa shape index (κ1) is 46.4. The third-order valence-electron chi connectivity index (χ3n) is 10.4. The van der Waals surface area contributed by atoms with Gasteiger partial charge < -0.3 is 34.7 Å². The van der Waals surface area contributed by atoms with Gasteiger partial charge >= 0.3 is 5.69 Å². The molecule has 0 radical (unpaired) electrons. The second-order valence-corrected chi connectivity index (χ2v) is 19.1. The lowest BCUT2D eigenvalue weighted by molar-refractivity contribution is -0.144. The van der Waals surface area contributed by atoms with E-state index in [1.54, 1.807) is 61.9 Å². The van der Waals surface area contributed by atoms with E-state index in [0.717, 1.165) is 41.7 Å². The molecule has 1 unspecified atom stereocenters. The molecule has 3 amide bonds. The fraction of sp³-hybridized carbons (Fsp3) is 0.419. The summed E-state index contributed by atoms with van der Waals surface area (Å²) in [5.41, 5.74) is 2.89. The smallest absolute Gasteiger partial charge is 0.333 e. The van der Waals surface area contributed by atoms with Crippen molar-refractivity contribution in [2.24, 2.45) is 19.5 Å². The Hall–Kier alpha value is -6.14. The first-order chi connectivity index (χ1) is 29.7. The lowest BCUT2D eigenvalue weighted by Gasteiger charge is -2.35. The van der Waals surface area contributed by atoms with Crippen LogP contribution in [0.1, 0.15) is 44.0 Å². The molecule has 1 aliphatic heterocycles. The summed E-state index contributed by atoms with van der Waals surface area (Å²) in [6.07, 6.45) is 0.116. The van der Waals surface area contributed by atoms with Gasteiger partial charge in [-0.05, 0) is 41.7 Å². The number of hydrogen-bond donors (Lipinski definition) is 3. The van der Waals surface area contributed by atoms with Crippen molar-refractivity contribution in [3.63, 3.8) is 0 Å². The maximum Gasteiger partial charge on any atom is 0.333 e. The number of carbonyl (C=O) groups excluding carboxylic acids is 3. The topological polar surface area (TPSA) is 226 Å². The highest BCUT2D eigenvalue weighted by molar-refractivity contribution is 7.90. The van der Waals surface area contributed by atoms with Crippen molar-refractivity contribution in [2.75, 3.05) is 32.6 Å². The molecule has 4 heterocycles. The van der Waals surface area contributed by atoms with E-state index in [2.05, 4.69) is 32.4 Å². The number of ether oxygens (including phenoxy) is 2. The van der Waals surface area contributed by atoms with Gasteiger partial charge in [-0.25, -0.2) is 18.2 Å². The first-order valence-corrected chi connectivity index (χ1v) is 22.7. The molecule has 3 aromatic heterocycles. The number of hydrogen-bond acceptors (Lipinski definition) is 13. The number of aryl methyl sites for hydroxylation is 2. The van der Waals surface area contributed by atoms with Gasteiger partial charge in [-0.3, -0.25) is 28.3 Å². The van der Waals surface area contributed by atoms with Gasteiger partial charge in [-0.1, -0.05) is 62.9 Å². The molecule has 20 heteroatoms. The molecule has 3 N–H and O–H groups in total. The normalized spacial score (nSPS) is 15.8. The molecule has 0 saturated carbocycles. The monoisotopic (exact) mass is 902 g/mol. The molecule has 5 aromatic rings. The van der Waals surface area contributed by atoms with Gasteiger partial charge in [0.25, 0.3) is 5.56 Å². The van der Waals surface area contributed by atoms with Crippen LogP contribution in [0.3, 0.4) is 0 Å². The van der Waals surface area contributed by atoms with E-state index in [9.17, 15) is 37.5 Å². The highest BCUT2D eigenvalue weighted by Crippen LogP contribution is 2.28. The Morgan fingerprint density at radius 2 is 1.79 bits per heavy atom. The number of rotatable bonds is 14. The maximum atomic E-state index is 14.0. The minimum absolute atomic E-state index is 0.0246. The van der Waals surface area contributed by atoms with E-state index in [-0.39, 0.29) is 62.2 Å². The van der Waals surface area contributed by atoms with Crippen LogP contribution in [-0.2, 0) is 56.1 Å². The molecule has 2 aromatic carbocycles. The van der Waals surface area contributed by atoms with Crippen molar-refractivity contribution in [1.82, 2.24) is 39.2 Å². The first-order valence-electron chi connectivity index (χ1n) is 20.0. The molecule has 3 atom stereocenters. The van der Waals surface area contributed by atoms with Crippen LogP contribution in [0.15, 0.2) is 68.8 Å². The molecule has 0 spiro atoms. The summed E-state index contributed by atoms with van der Waals surface area (Å²) >= 11 is 1.56. The van der Waals surface area contributed by atoms with E-state index in [0.29, 0.717) is 11.3 Å². The lowest BCUT2D eigenvalue weighted by atomic mass is 9.85. The Labute approximate surface area is 367 Å². The van der Waals surface area contributed by atoms with Gasteiger partial charge in [0, 0.05) is 45.4 Å². The van der Waals surface area contributed by atoms with Gasteiger partial charge in [-0.2, -0.15) is 4.98 Å². The van der Waals surface area contributed by atoms with Crippen LogP contribution < -0.4 is 26.6 Å². The number of benzene rings is 2. The Balaban J connectivity index is 0.995. The number of sulfone groups is 1. The number of imidazole rings is 1. The van der Waals surface area contributed by atoms with Crippen molar-refractivity contribution >= 4 is 50.1 Å². The van der Waals surface area contributed by atoms with Crippen LogP contribution in [0, 0.1) is 24.2 Å². The number of fused-ring (bicyclic) bond motifs is 1. The highest BCUT2D eigenvalue weighted by Gasteiger charge is 2.44. The number of nitrogens with zero attached hydrogens (tertiary/aromatic N) is 6. The van der Waals surface area contributed by atoms with Crippen molar-refractivity contribution in [2.45, 2.75) is 70.5 Å². The molecule has 1 fully saturated rings. The van der Waals surface area contributed by atoms with Gasteiger partial charge in [0.05, 0.1) is 35.3 Å². The highest BCUT2D eigenvalue weighted by atomic mass is 32.2. The second kappa shape index (κ2) is 19.1. The van der Waals surface area contributed by atoms with E-state index in [1.807, 2.05) is 31.2 Å². The van der Waals surface area contributed by atoms with Crippen LogP contribution in [0.5, 0.6) is 5.75 Å². The number of aromatic nitrogens is 5. The molecule has 1 aliphatic rings. The third kappa shape index (κ3) is 10.7. The van der Waals surface area contributed by atoms with Crippen LogP contribution in [0.2, 0.25) is 0 Å². The number of nitrogens with one attached hydrogen (secondary N) is 2. The lowest BCUT2D eigenvalue weighted by Crippen LogP contribution is -2.58. The molecular weight excluding hydrogens is 853 g/mol. The largest absolute Gasteiger partial charge is 0.491 e. The second-order valence-electron chi connectivity index (χ2n) is 16.3. The summed E-state index contributed by atoms with van der Waals surface area (Å²) in [6.45, 7) is 7.04. The third-order valence-corrected chi connectivity index (χ3v) is 12.4. The Bertz CT molecular complexity index is 2830. The zero-order valence-corrected chi connectivity index (χ0v) is 37.6. The van der Waals surface area contributed by atoms with Crippen LogP contribution >= 0.6 is 11.3 Å². The number of thiazole rings is 1. The number of aliphatic hydroxyl groups excluding tert-OH is 1. The fourth-order valence-corrected chi connectivity index (χ4v) is 8.79. The van der Waals surface area contributed by atoms with Crippen LogP contribution in [-0.4, -0.2) is 111 Å². The van der Waals surface area contributed by atoms with E-state index < -0.39 is 62.4 Å². The Morgan fingerprint density at radius 3 is 2.46 bits per heavy atom. The van der Waals surface area contributed by atoms with Gasteiger partial charge in [-0.15, -0.1) is 11.3 Å². The van der Waals surface area contributed by atoms with Crippen molar-refractivity contribution < 1.29 is 37.4 Å². The minimum Gasteiger partial charge on any atom is -0.491 e. The summed E-state index contributed by atoms with van der Waals surface area (Å²) < 4.78 is 39.0. The minimum atomic E-state index is -3.80. The predicted octanol–water partition coefficient (Wildman–Crippen LogP) is 1.53. The number of carbonyl (C=O) groups is 3. The molecule has 0 aliphatic carbocycles. The van der Waals surface area contributed by atoms with Crippen LogP contribution in [0.4, 0.5) is 0 Å². The summed E-state index contributed by atoms with van der Waals surface area (Å²) in [5, 5.41) is 15.9. The zero-order valence-electron chi connectivity index (χ0n) is 36.0. The summed E-state index contributed by atoms with van der Waals surface area (Å²) in [4.78, 5) is 77.0. The van der Waals surface area contributed by atoms with E-state index in [1.165, 1.54) is 19.0 Å². The summed E-state index contributed by atoms with van der Waals surface area (Å²) in [7, 11) is -1.12. The molecular formula is C43H50N8O10S2. The summed E-state index contributed by atoms with van der Waals surface area (Å²) in [6, 6.07) is 12.6. The number of likely N-dealkylation sites (tertiary alicyclic amines) is 1. The average Bonchev–Trinajstić information content (AvgIpc) is 3.95. The maximum absolute atomic E-state index is 14.0. The van der Waals surface area contributed by atoms with Crippen molar-refractivity contribution in [1.29, 1.82) is 0 Å². The molecule has 1 saturated heterocycles. The van der Waals surface area contributed by atoms with E-state index in [4.69, 9.17) is 9.47 Å². The fourth-order valence-electron chi connectivity index (χ4n) is 7.13. The van der Waals surface area contributed by atoms with E-state index >= 15 is 0 Å². The molecule has 334 valence electrons. The zero-order chi connectivity index (χ0) is 45.8. The quantitative estimate of drug-likeness (QED) is 0.107. The standard InChI is InChI=1S/C43H50N8O10S2/c1-26-35(62-25-45-26)29-15-13-28(14-16-29)22-44-38(54)32-21-30(52)23-51(32)40(56)36(43(2,3)4)46-33(53)24-60-18-19-61-31-12-8-10-27(20-31)11-9-17-50-37-34(39(55)49(6)42(50)57)48(5)41(47-37)63(7,58)59/h8,10,12-16,20,25,30,32,36,52H,17-19,21-24H2,1-7H3,(H,44,54)(H,46,53)/t30-,32+,36?/m1/s1. The molecule has 0 bridgehead atoms. The molecule has 18 nitrogen and oxygen atoms in total. The number of β-amino-alcohol motifs (C(OH)–C–C–N with tert-alkyl or cyclic N) is 1. The average molecular weight is 903 g/mol. The molecule has 6 rings (SSSR count). The Kier molecular flexibility index (Phi) is 14.0.